The molecule has 0 saturated carbocycles. The highest BCUT2D eigenvalue weighted by Crippen LogP contribution is 2.15. The molecule has 1 fully saturated rings. The van der Waals surface area contributed by atoms with E-state index in [2.05, 4.69) is 18.7 Å². The van der Waals surface area contributed by atoms with Crippen LogP contribution in [0.1, 0.15) is 39.5 Å². The molecule has 13 heavy (non-hydrogen) atoms. The third kappa shape index (κ3) is 4.10. The fourth-order valence-corrected chi connectivity index (χ4v) is 2.25. The molecule has 1 saturated heterocycles. The monoisotopic (exact) mass is 184 g/mol. The molecular formula is C11H24N2. The number of hydrogen-bond acceptors (Lipinski definition) is 2. The van der Waals surface area contributed by atoms with Gasteiger partial charge in [0, 0.05) is 19.1 Å². The van der Waals surface area contributed by atoms with Crippen LogP contribution < -0.4 is 5.73 Å². The molecule has 1 aliphatic rings. The summed E-state index contributed by atoms with van der Waals surface area (Å²) >= 11 is 0. The Hall–Kier alpha value is -0.0800. The number of likely N-dealkylation sites (tertiary alicyclic amines) is 1. The van der Waals surface area contributed by atoms with Crippen molar-refractivity contribution in [2.45, 2.75) is 45.6 Å². The fraction of sp³-hybridized carbons (Fsp3) is 1.00. The molecule has 0 aromatic heterocycles. The summed E-state index contributed by atoms with van der Waals surface area (Å²) in [6, 6.07) is 0.398. The minimum absolute atomic E-state index is 0.398. The molecule has 2 heteroatoms. The molecule has 1 rings (SSSR count). The number of nitrogens with zero attached hydrogens (tertiary/aromatic N) is 1. The molecule has 0 aliphatic carbocycles. The van der Waals surface area contributed by atoms with Gasteiger partial charge < -0.3 is 10.6 Å². The first-order valence-electron chi connectivity index (χ1n) is 5.70. The zero-order valence-electron chi connectivity index (χ0n) is 9.13. The smallest absolute Gasteiger partial charge is 0.0167 e. The molecule has 1 heterocycles. The molecule has 0 radical (unpaired) electrons. The Labute approximate surface area is 82.5 Å². The first-order valence-corrected chi connectivity index (χ1v) is 5.70. The van der Waals surface area contributed by atoms with Gasteiger partial charge in [-0.2, -0.15) is 0 Å². The van der Waals surface area contributed by atoms with Gasteiger partial charge in [-0.1, -0.05) is 20.3 Å². The predicted octanol–water partition coefficient (Wildman–Crippen LogP) is 1.85. The van der Waals surface area contributed by atoms with Crippen molar-refractivity contribution in [2.24, 2.45) is 11.7 Å². The highest BCUT2D eigenvalue weighted by molar-refractivity contribution is 4.74. The minimum atomic E-state index is 0.398. The molecule has 2 N–H and O–H groups in total. The van der Waals surface area contributed by atoms with Gasteiger partial charge >= 0.3 is 0 Å². The van der Waals surface area contributed by atoms with E-state index in [0.717, 1.165) is 12.5 Å². The Morgan fingerprint density at radius 2 is 2.31 bits per heavy atom. The molecule has 0 bridgehead atoms. The van der Waals surface area contributed by atoms with E-state index in [1.807, 2.05) is 0 Å². The van der Waals surface area contributed by atoms with Crippen molar-refractivity contribution in [1.29, 1.82) is 0 Å². The average molecular weight is 184 g/mol. The van der Waals surface area contributed by atoms with Gasteiger partial charge in [0.25, 0.3) is 0 Å². The summed E-state index contributed by atoms with van der Waals surface area (Å²) in [4.78, 5) is 2.54. The molecule has 0 aromatic rings. The molecule has 2 atom stereocenters. The van der Waals surface area contributed by atoms with Crippen LogP contribution in [0.4, 0.5) is 0 Å². The molecule has 78 valence electrons. The molecule has 0 spiro atoms. The van der Waals surface area contributed by atoms with Gasteiger partial charge in [0.05, 0.1) is 0 Å². The third-order valence-electron chi connectivity index (χ3n) is 2.89. The van der Waals surface area contributed by atoms with E-state index in [1.54, 1.807) is 0 Å². The van der Waals surface area contributed by atoms with E-state index in [4.69, 9.17) is 5.73 Å². The van der Waals surface area contributed by atoms with Crippen LogP contribution in [0.3, 0.4) is 0 Å². The summed E-state index contributed by atoms with van der Waals surface area (Å²) in [6.45, 7) is 8.19. The van der Waals surface area contributed by atoms with Crippen molar-refractivity contribution < 1.29 is 0 Å². The zero-order chi connectivity index (χ0) is 9.68. The largest absolute Gasteiger partial charge is 0.327 e. The maximum absolute atomic E-state index is 6.02. The zero-order valence-corrected chi connectivity index (χ0v) is 9.13. The maximum atomic E-state index is 6.02. The highest BCUT2D eigenvalue weighted by atomic mass is 15.1. The predicted molar refractivity (Wildman–Crippen MR) is 57.7 cm³/mol. The first kappa shape index (κ1) is 11.0. The lowest BCUT2D eigenvalue weighted by molar-refractivity contribution is 0.172. The first-order chi connectivity index (χ1) is 6.22. The van der Waals surface area contributed by atoms with Gasteiger partial charge in [0.2, 0.25) is 0 Å². The second kappa shape index (κ2) is 5.61. The molecule has 1 aliphatic heterocycles. The van der Waals surface area contributed by atoms with E-state index in [1.165, 1.54) is 38.8 Å². The lowest BCUT2D eigenvalue weighted by Gasteiger charge is -2.32. The quantitative estimate of drug-likeness (QED) is 0.722. The molecule has 0 amide bonds. The second-order valence-corrected chi connectivity index (χ2v) is 4.56. The van der Waals surface area contributed by atoms with Crippen LogP contribution in [0, 0.1) is 5.92 Å². The van der Waals surface area contributed by atoms with E-state index >= 15 is 0 Å². The SMILES string of the molecule is CCCC(N)CN1CCCC(C)C1. The van der Waals surface area contributed by atoms with Crippen molar-refractivity contribution in [3.05, 3.63) is 0 Å². The lowest BCUT2D eigenvalue weighted by Crippen LogP contribution is -2.42. The number of nitrogens with two attached hydrogens (primary N) is 1. The fourth-order valence-electron chi connectivity index (χ4n) is 2.25. The van der Waals surface area contributed by atoms with E-state index in [9.17, 15) is 0 Å². The number of piperidine rings is 1. The standard InChI is InChI=1S/C11H24N2/c1-3-5-11(12)9-13-7-4-6-10(2)8-13/h10-11H,3-9,12H2,1-2H3. The van der Waals surface area contributed by atoms with Gasteiger partial charge in [-0.25, -0.2) is 0 Å². The number of rotatable bonds is 4. The van der Waals surface area contributed by atoms with Crippen LogP contribution >= 0.6 is 0 Å². The Bertz CT molecular complexity index is 136. The van der Waals surface area contributed by atoms with Gasteiger partial charge in [0.15, 0.2) is 0 Å². The Balaban J connectivity index is 2.19. The lowest BCUT2D eigenvalue weighted by atomic mass is 9.99. The van der Waals surface area contributed by atoms with Crippen LogP contribution in [-0.2, 0) is 0 Å². The van der Waals surface area contributed by atoms with E-state index in [-0.39, 0.29) is 0 Å². The van der Waals surface area contributed by atoms with E-state index in [0.29, 0.717) is 6.04 Å². The molecule has 0 aromatic carbocycles. The maximum Gasteiger partial charge on any atom is 0.0167 e. The number of hydrogen-bond donors (Lipinski definition) is 1. The van der Waals surface area contributed by atoms with Crippen LogP contribution in [0.15, 0.2) is 0 Å². The minimum Gasteiger partial charge on any atom is -0.327 e. The Kier molecular flexibility index (Phi) is 4.74. The summed E-state index contributed by atoms with van der Waals surface area (Å²) in [5.41, 5.74) is 6.02. The van der Waals surface area contributed by atoms with E-state index < -0.39 is 0 Å². The van der Waals surface area contributed by atoms with Crippen LogP contribution in [0.25, 0.3) is 0 Å². The second-order valence-electron chi connectivity index (χ2n) is 4.56. The van der Waals surface area contributed by atoms with Crippen molar-refractivity contribution in [2.75, 3.05) is 19.6 Å². The van der Waals surface area contributed by atoms with Gasteiger partial charge in [0.1, 0.15) is 0 Å². The Morgan fingerprint density at radius 1 is 1.54 bits per heavy atom. The summed E-state index contributed by atoms with van der Waals surface area (Å²) in [5, 5.41) is 0. The van der Waals surface area contributed by atoms with Crippen LogP contribution in [0.2, 0.25) is 0 Å². The average Bonchev–Trinajstić information content (AvgIpc) is 2.04. The van der Waals surface area contributed by atoms with Crippen LogP contribution in [-0.4, -0.2) is 30.6 Å². The molecule has 2 unspecified atom stereocenters. The van der Waals surface area contributed by atoms with Gasteiger partial charge in [-0.3, -0.25) is 0 Å². The van der Waals surface area contributed by atoms with Crippen LogP contribution in [0.5, 0.6) is 0 Å². The molecular weight excluding hydrogens is 160 g/mol. The molecule has 2 nitrogen and oxygen atoms in total. The van der Waals surface area contributed by atoms with Crippen molar-refractivity contribution in [1.82, 2.24) is 4.90 Å². The van der Waals surface area contributed by atoms with Crippen molar-refractivity contribution >= 4 is 0 Å². The Morgan fingerprint density at radius 3 is 2.92 bits per heavy atom. The van der Waals surface area contributed by atoms with Crippen molar-refractivity contribution in [3.63, 3.8) is 0 Å². The topological polar surface area (TPSA) is 29.3 Å². The van der Waals surface area contributed by atoms with Gasteiger partial charge in [-0.05, 0) is 31.7 Å². The summed E-state index contributed by atoms with van der Waals surface area (Å²) < 4.78 is 0. The summed E-state index contributed by atoms with van der Waals surface area (Å²) in [7, 11) is 0. The third-order valence-corrected chi connectivity index (χ3v) is 2.89. The normalized spacial score (nSPS) is 27.5. The summed E-state index contributed by atoms with van der Waals surface area (Å²) in [6.07, 6.45) is 5.15. The van der Waals surface area contributed by atoms with Gasteiger partial charge in [-0.15, -0.1) is 0 Å². The van der Waals surface area contributed by atoms with Crippen molar-refractivity contribution in [3.8, 4) is 0 Å². The highest BCUT2D eigenvalue weighted by Gasteiger charge is 2.17. The summed E-state index contributed by atoms with van der Waals surface area (Å²) in [5.74, 6) is 0.877.